The van der Waals surface area contributed by atoms with E-state index in [-0.39, 0.29) is 17.9 Å². The number of benzene rings is 1. The number of carbonyl (C=O) groups excluding carboxylic acids is 1. The Morgan fingerprint density at radius 3 is 2.60 bits per heavy atom. The van der Waals surface area contributed by atoms with Gasteiger partial charge in [-0.05, 0) is 46.5 Å². The summed E-state index contributed by atoms with van der Waals surface area (Å²) in [5.74, 6) is 0.826. The zero-order chi connectivity index (χ0) is 15.3. The monoisotopic (exact) mass is 342 g/mol. The predicted octanol–water partition coefficient (Wildman–Crippen LogP) is 3.01. The predicted molar refractivity (Wildman–Crippen MR) is 84.7 cm³/mol. The van der Waals surface area contributed by atoms with Gasteiger partial charge >= 0.3 is 0 Å². The van der Waals surface area contributed by atoms with E-state index in [1.807, 2.05) is 39.0 Å². The van der Waals surface area contributed by atoms with Gasteiger partial charge in [-0.25, -0.2) is 0 Å². The van der Waals surface area contributed by atoms with E-state index in [2.05, 4.69) is 21.2 Å². The van der Waals surface area contributed by atoms with Crippen molar-refractivity contribution in [1.82, 2.24) is 5.32 Å². The molecule has 0 saturated heterocycles. The van der Waals surface area contributed by atoms with Gasteiger partial charge in [0, 0.05) is 0 Å². The maximum Gasteiger partial charge on any atom is 0.237 e. The van der Waals surface area contributed by atoms with Gasteiger partial charge < -0.3 is 15.8 Å². The lowest BCUT2D eigenvalue weighted by Gasteiger charge is -2.21. The van der Waals surface area contributed by atoms with Gasteiger partial charge in [-0.1, -0.05) is 26.3 Å². The molecule has 1 aromatic carbocycles. The minimum absolute atomic E-state index is 0.0974. The molecule has 1 aromatic rings. The van der Waals surface area contributed by atoms with E-state index in [0.29, 0.717) is 0 Å². The molecule has 1 rings (SSSR count). The number of amides is 1. The fourth-order valence-electron chi connectivity index (χ4n) is 1.86. The molecule has 0 spiro atoms. The molecule has 0 bridgehead atoms. The standard InChI is InChI=1S/C15H23BrN2O2/c1-5-9(2)14(17)15(19)18-10(3)11-6-7-13(20-4)12(16)8-11/h6-10,14H,5,17H2,1-4H3,(H,18,19)/t9?,10?,14-/m0/s1. The number of ether oxygens (including phenoxy) is 1. The number of methoxy groups -OCH3 is 1. The highest BCUT2D eigenvalue weighted by Gasteiger charge is 2.21. The van der Waals surface area contributed by atoms with E-state index in [9.17, 15) is 4.79 Å². The molecular weight excluding hydrogens is 320 g/mol. The lowest BCUT2D eigenvalue weighted by Crippen LogP contribution is -2.45. The number of hydrogen-bond acceptors (Lipinski definition) is 3. The van der Waals surface area contributed by atoms with Crippen LogP contribution in [0.2, 0.25) is 0 Å². The summed E-state index contributed by atoms with van der Waals surface area (Å²) < 4.78 is 6.06. The van der Waals surface area contributed by atoms with Crippen molar-refractivity contribution in [3.63, 3.8) is 0 Å². The highest BCUT2D eigenvalue weighted by Crippen LogP contribution is 2.28. The Morgan fingerprint density at radius 2 is 2.10 bits per heavy atom. The highest BCUT2D eigenvalue weighted by atomic mass is 79.9. The van der Waals surface area contributed by atoms with Gasteiger partial charge in [-0.3, -0.25) is 4.79 Å². The van der Waals surface area contributed by atoms with E-state index >= 15 is 0 Å². The fourth-order valence-corrected chi connectivity index (χ4v) is 2.42. The van der Waals surface area contributed by atoms with Gasteiger partial charge in [0.05, 0.1) is 23.7 Å². The smallest absolute Gasteiger partial charge is 0.237 e. The number of halogens is 1. The molecule has 3 atom stereocenters. The van der Waals surface area contributed by atoms with Crippen LogP contribution in [0.1, 0.15) is 38.8 Å². The van der Waals surface area contributed by atoms with Gasteiger partial charge in [0.2, 0.25) is 5.91 Å². The van der Waals surface area contributed by atoms with Crippen molar-refractivity contribution in [2.45, 2.75) is 39.3 Å². The summed E-state index contributed by atoms with van der Waals surface area (Å²) in [5, 5.41) is 2.95. The lowest BCUT2D eigenvalue weighted by atomic mass is 9.98. The summed E-state index contributed by atoms with van der Waals surface area (Å²) in [4.78, 5) is 12.1. The molecule has 0 heterocycles. The van der Waals surface area contributed by atoms with Crippen molar-refractivity contribution in [1.29, 1.82) is 0 Å². The van der Waals surface area contributed by atoms with Gasteiger partial charge in [-0.15, -0.1) is 0 Å². The van der Waals surface area contributed by atoms with Crippen LogP contribution < -0.4 is 15.8 Å². The molecule has 0 aliphatic rings. The van der Waals surface area contributed by atoms with E-state index < -0.39 is 6.04 Å². The third-order valence-corrected chi connectivity index (χ3v) is 4.21. The van der Waals surface area contributed by atoms with Crippen LogP contribution in [0.25, 0.3) is 0 Å². The number of nitrogens with one attached hydrogen (secondary N) is 1. The van der Waals surface area contributed by atoms with Crippen LogP contribution in [-0.4, -0.2) is 19.1 Å². The SMILES string of the molecule is CCC(C)[C@H](N)C(=O)NC(C)c1ccc(OC)c(Br)c1. The van der Waals surface area contributed by atoms with Crippen molar-refractivity contribution in [3.8, 4) is 5.75 Å². The maximum atomic E-state index is 12.1. The molecule has 0 aliphatic carbocycles. The summed E-state index contributed by atoms with van der Waals surface area (Å²) in [6.07, 6.45) is 0.886. The van der Waals surface area contributed by atoms with Crippen LogP contribution in [0.5, 0.6) is 5.75 Å². The zero-order valence-corrected chi connectivity index (χ0v) is 14.0. The number of hydrogen-bond donors (Lipinski definition) is 2. The van der Waals surface area contributed by atoms with E-state index in [4.69, 9.17) is 10.5 Å². The van der Waals surface area contributed by atoms with E-state index in [1.165, 1.54) is 0 Å². The first-order valence-corrected chi connectivity index (χ1v) is 7.59. The number of nitrogens with two attached hydrogens (primary N) is 1. The third kappa shape index (κ3) is 4.21. The van der Waals surface area contributed by atoms with Crippen molar-refractivity contribution in [3.05, 3.63) is 28.2 Å². The van der Waals surface area contributed by atoms with Crippen LogP contribution in [0.4, 0.5) is 0 Å². The molecule has 5 heteroatoms. The average Bonchev–Trinajstić information content (AvgIpc) is 2.45. The van der Waals surface area contributed by atoms with Crippen molar-refractivity contribution >= 4 is 21.8 Å². The van der Waals surface area contributed by atoms with Crippen molar-refractivity contribution in [2.24, 2.45) is 11.7 Å². The van der Waals surface area contributed by atoms with Crippen LogP contribution in [0.3, 0.4) is 0 Å². The normalized spacial score (nSPS) is 15.3. The minimum Gasteiger partial charge on any atom is -0.496 e. The Kier molecular flexibility index (Phi) is 6.49. The maximum absolute atomic E-state index is 12.1. The lowest BCUT2D eigenvalue weighted by molar-refractivity contribution is -0.124. The number of carbonyl (C=O) groups is 1. The number of rotatable bonds is 6. The Balaban J connectivity index is 2.73. The fraction of sp³-hybridized carbons (Fsp3) is 0.533. The molecule has 0 saturated carbocycles. The Hall–Kier alpha value is -1.07. The molecule has 3 N–H and O–H groups in total. The van der Waals surface area contributed by atoms with Crippen LogP contribution in [0, 0.1) is 5.92 Å². The first-order chi connectivity index (χ1) is 9.40. The summed E-state index contributed by atoms with van der Waals surface area (Å²) in [6.45, 7) is 5.95. The van der Waals surface area contributed by atoms with Gasteiger partial charge in [0.1, 0.15) is 5.75 Å². The average molecular weight is 343 g/mol. The van der Waals surface area contributed by atoms with E-state index in [1.54, 1.807) is 7.11 Å². The van der Waals surface area contributed by atoms with Gasteiger partial charge in [0.15, 0.2) is 0 Å². The van der Waals surface area contributed by atoms with E-state index in [0.717, 1.165) is 22.2 Å². The summed E-state index contributed by atoms with van der Waals surface area (Å²) in [6, 6.07) is 5.18. The second-order valence-corrected chi connectivity index (χ2v) is 5.89. The molecule has 0 aliphatic heterocycles. The zero-order valence-electron chi connectivity index (χ0n) is 12.4. The third-order valence-electron chi connectivity index (χ3n) is 3.59. The highest BCUT2D eigenvalue weighted by molar-refractivity contribution is 9.10. The molecule has 1 amide bonds. The van der Waals surface area contributed by atoms with Crippen molar-refractivity contribution < 1.29 is 9.53 Å². The Morgan fingerprint density at radius 1 is 1.45 bits per heavy atom. The van der Waals surface area contributed by atoms with Gasteiger partial charge in [0.25, 0.3) is 0 Å². The summed E-state index contributed by atoms with van der Waals surface area (Å²) in [5.41, 5.74) is 6.93. The Bertz CT molecular complexity index is 465. The molecule has 4 nitrogen and oxygen atoms in total. The first-order valence-electron chi connectivity index (χ1n) is 6.80. The molecule has 20 heavy (non-hydrogen) atoms. The quantitative estimate of drug-likeness (QED) is 0.835. The molecule has 0 radical (unpaired) electrons. The molecule has 2 unspecified atom stereocenters. The molecule has 0 aromatic heterocycles. The minimum atomic E-state index is -0.468. The summed E-state index contributed by atoms with van der Waals surface area (Å²) >= 11 is 3.44. The first kappa shape index (κ1) is 17.0. The van der Waals surface area contributed by atoms with Gasteiger partial charge in [-0.2, -0.15) is 0 Å². The Labute approximate surface area is 129 Å². The molecule has 112 valence electrons. The second-order valence-electron chi connectivity index (χ2n) is 5.04. The second kappa shape index (κ2) is 7.64. The van der Waals surface area contributed by atoms with Crippen LogP contribution in [-0.2, 0) is 4.79 Å². The topological polar surface area (TPSA) is 64.4 Å². The largest absolute Gasteiger partial charge is 0.496 e. The van der Waals surface area contributed by atoms with Crippen molar-refractivity contribution in [2.75, 3.05) is 7.11 Å². The molecule has 0 fully saturated rings. The molecular formula is C15H23BrN2O2. The van der Waals surface area contributed by atoms with Crippen LogP contribution in [0.15, 0.2) is 22.7 Å². The van der Waals surface area contributed by atoms with Crippen LogP contribution >= 0.6 is 15.9 Å². The summed E-state index contributed by atoms with van der Waals surface area (Å²) in [7, 11) is 1.62.